The predicted molar refractivity (Wildman–Crippen MR) is 95.3 cm³/mol. The summed E-state index contributed by atoms with van der Waals surface area (Å²) >= 11 is 0. The molecule has 0 aliphatic rings. The van der Waals surface area contributed by atoms with Gasteiger partial charge < -0.3 is 10.1 Å². The van der Waals surface area contributed by atoms with Gasteiger partial charge in [0.25, 0.3) is 5.91 Å². The lowest BCUT2D eigenvalue weighted by Crippen LogP contribution is -2.26. The Balaban J connectivity index is 1.70. The summed E-state index contributed by atoms with van der Waals surface area (Å²) in [4.78, 5) is 12.5. The third kappa shape index (κ3) is 4.02. The molecule has 0 heterocycles. The van der Waals surface area contributed by atoms with Crippen LogP contribution in [0.5, 0.6) is 11.5 Å². The summed E-state index contributed by atoms with van der Waals surface area (Å²) in [6, 6.07) is 26.5. The maximum atomic E-state index is 12.5. The van der Waals surface area contributed by atoms with Crippen LogP contribution in [0.2, 0.25) is 0 Å². The van der Waals surface area contributed by atoms with Crippen LogP contribution < -0.4 is 10.1 Å². The van der Waals surface area contributed by atoms with E-state index < -0.39 is 0 Å². The van der Waals surface area contributed by atoms with Gasteiger partial charge in [-0.25, -0.2) is 0 Å². The Labute approximate surface area is 141 Å². The minimum atomic E-state index is -0.120. The normalized spacial score (nSPS) is 11.5. The van der Waals surface area contributed by atoms with E-state index in [1.807, 2.05) is 79.7 Å². The number of para-hydroxylation sites is 1. The van der Waals surface area contributed by atoms with E-state index in [1.54, 1.807) is 12.1 Å². The number of carbonyl (C=O) groups excluding carboxylic acids is 1. The van der Waals surface area contributed by atoms with Crippen LogP contribution >= 0.6 is 0 Å². The van der Waals surface area contributed by atoms with E-state index in [2.05, 4.69) is 5.32 Å². The summed E-state index contributed by atoms with van der Waals surface area (Å²) < 4.78 is 5.78. The van der Waals surface area contributed by atoms with Gasteiger partial charge in [-0.05, 0) is 42.8 Å². The molecule has 3 heteroatoms. The SMILES string of the molecule is CC(NC(=O)c1cccc(Oc2ccccc2)c1)c1ccccc1. The molecular formula is C21H19NO2. The van der Waals surface area contributed by atoms with E-state index >= 15 is 0 Å². The van der Waals surface area contributed by atoms with Gasteiger partial charge in [0.15, 0.2) is 0 Å². The number of hydrogen-bond acceptors (Lipinski definition) is 2. The minimum Gasteiger partial charge on any atom is -0.457 e. The lowest BCUT2D eigenvalue weighted by Gasteiger charge is -2.14. The van der Waals surface area contributed by atoms with Crippen molar-refractivity contribution in [1.29, 1.82) is 0 Å². The van der Waals surface area contributed by atoms with Crippen LogP contribution in [0.15, 0.2) is 84.9 Å². The molecule has 24 heavy (non-hydrogen) atoms. The Hall–Kier alpha value is -3.07. The highest BCUT2D eigenvalue weighted by molar-refractivity contribution is 5.94. The van der Waals surface area contributed by atoms with Crippen molar-refractivity contribution in [2.45, 2.75) is 13.0 Å². The zero-order chi connectivity index (χ0) is 16.8. The summed E-state index contributed by atoms with van der Waals surface area (Å²) in [6.07, 6.45) is 0. The number of amides is 1. The summed E-state index contributed by atoms with van der Waals surface area (Å²) in [7, 11) is 0. The number of carbonyl (C=O) groups is 1. The van der Waals surface area contributed by atoms with Gasteiger partial charge in [-0.2, -0.15) is 0 Å². The summed E-state index contributed by atoms with van der Waals surface area (Å²) in [5, 5.41) is 3.01. The molecule has 120 valence electrons. The Bertz CT molecular complexity index is 800. The van der Waals surface area contributed by atoms with Crippen molar-refractivity contribution >= 4 is 5.91 Å². The number of ether oxygens (including phenoxy) is 1. The van der Waals surface area contributed by atoms with Gasteiger partial charge in [-0.15, -0.1) is 0 Å². The van der Waals surface area contributed by atoms with Crippen molar-refractivity contribution < 1.29 is 9.53 Å². The van der Waals surface area contributed by atoms with Gasteiger partial charge in [-0.3, -0.25) is 4.79 Å². The van der Waals surface area contributed by atoms with Crippen LogP contribution in [0.4, 0.5) is 0 Å². The average Bonchev–Trinajstić information content (AvgIpc) is 2.63. The van der Waals surface area contributed by atoms with Gasteiger partial charge in [0.2, 0.25) is 0 Å². The minimum absolute atomic E-state index is 0.0580. The van der Waals surface area contributed by atoms with E-state index in [0.29, 0.717) is 11.3 Å². The fourth-order valence-electron chi connectivity index (χ4n) is 2.43. The molecule has 1 amide bonds. The van der Waals surface area contributed by atoms with E-state index in [0.717, 1.165) is 11.3 Å². The summed E-state index contributed by atoms with van der Waals surface area (Å²) in [5.74, 6) is 1.26. The first-order valence-corrected chi connectivity index (χ1v) is 7.91. The fraction of sp³-hybridized carbons (Fsp3) is 0.0952. The number of rotatable bonds is 5. The fourth-order valence-corrected chi connectivity index (χ4v) is 2.43. The van der Waals surface area contributed by atoms with Crippen LogP contribution in [0.25, 0.3) is 0 Å². The highest BCUT2D eigenvalue weighted by atomic mass is 16.5. The molecule has 0 fully saturated rings. The number of hydrogen-bond donors (Lipinski definition) is 1. The molecule has 3 aromatic rings. The zero-order valence-corrected chi connectivity index (χ0v) is 13.5. The van der Waals surface area contributed by atoms with Crippen LogP contribution in [0, 0.1) is 0 Å². The molecule has 1 N–H and O–H groups in total. The Morgan fingerprint density at radius 2 is 1.46 bits per heavy atom. The molecule has 0 bridgehead atoms. The molecule has 0 saturated carbocycles. The average molecular weight is 317 g/mol. The van der Waals surface area contributed by atoms with Gasteiger partial charge in [0.1, 0.15) is 11.5 Å². The number of nitrogens with one attached hydrogen (secondary N) is 1. The molecule has 0 radical (unpaired) electrons. The molecule has 1 unspecified atom stereocenters. The molecule has 0 aliphatic carbocycles. The second kappa shape index (κ2) is 7.47. The molecule has 1 atom stereocenters. The Morgan fingerprint density at radius 1 is 0.833 bits per heavy atom. The molecule has 3 nitrogen and oxygen atoms in total. The summed E-state index contributed by atoms with van der Waals surface area (Å²) in [5.41, 5.74) is 1.65. The van der Waals surface area contributed by atoms with Crippen LogP contribution in [0.1, 0.15) is 28.9 Å². The lowest BCUT2D eigenvalue weighted by molar-refractivity contribution is 0.0939. The second-order valence-corrected chi connectivity index (χ2v) is 5.55. The van der Waals surface area contributed by atoms with E-state index in [4.69, 9.17) is 4.74 Å². The van der Waals surface area contributed by atoms with Crippen LogP contribution in [-0.4, -0.2) is 5.91 Å². The van der Waals surface area contributed by atoms with Crippen molar-refractivity contribution in [3.05, 3.63) is 96.1 Å². The van der Waals surface area contributed by atoms with Gasteiger partial charge >= 0.3 is 0 Å². The van der Waals surface area contributed by atoms with Crippen molar-refractivity contribution in [1.82, 2.24) is 5.32 Å². The standard InChI is InChI=1S/C21H19NO2/c1-16(17-9-4-2-5-10-17)22-21(23)18-11-8-14-20(15-18)24-19-12-6-3-7-13-19/h2-16H,1H3,(H,22,23). The lowest BCUT2D eigenvalue weighted by atomic mass is 10.1. The quantitative estimate of drug-likeness (QED) is 0.721. The first kappa shape index (κ1) is 15.8. The highest BCUT2D eigenvalue weighted by Crippen LogP contribution is 2.22. The maximum absolute atomic E-state index is 12.5. The van der Waals surface area contributed by atoms with Gasteiger partial charge in [-0.1, -0.05) is 54.6 Å². The molecule has 0 spiro atoms. The predicted octanol–water partition coefficient (Wildman–Crippen LogP) is 4.97. The van der Waals surface area contributed by atoms with Crippen molar-refractivity contribution in [3.63, 3.8) is 0 Å². The van der Waals surface area contributed by atoms with E-state index in [1.165, 1.54) is 0 Å². The van der Waals surface area contributed by atoms with Crippen molar-refractivity contribution in [2.24, 2.45) is 0 Å². The van der Waals surface area contributed by atoms with Gasteiger partial charge in [0, 0.05) is 5.56 Å². The van der Waals surface area contributed by atoms with E-state index in [9.17, 15) is 4.79 Å². The molecule has 0 aromatic heterocycles. The maximum Gasteiger partial charge on any atom is 0.251 e. The monoisotopic (exact) mass is 317 g/mol. The van der Waals surface area contributed by atoms with Crippen LogP contribution in [0.3, 0.4) is 0 Å². The third-order valence-corrected chi connectivity index (χ3v) is 3.72. The Kier molecular flexibility index (Phi) is 4.92. The number of benzene rings is 3. The highest BCUT2D eigenvalue weighted by Gasteiger charge is 2.12. The van der Waals surface area contributed by atoms with Gasteiger partial charge in [0.05, 0.1) is 6.04 Å². The summed E-state index contributed by atoms with van der Waals surface area (Å²) in [6.45, 7) is 1.97. The largest absolute Gasteiger partial charge is 0.457 e. The molecule has 3 aromatic carbocycles. The third-order valence-electron chi connectivity index (χ3n) is 3.72. The van der Waals surface area contributed by atoms with Crippen molar-refractivity contribution in [2.75, 3.05) is 0 Å². The topological polar surface area (TPSA) is 38.3 Å². The van der Waals surface area contributed by atoms with E-state index in [-0.39, 0.29) is 11.9 Å². The first-order valence-electron chi connectivity index (χ1n) is 7.91. The second-order valence-electron chi connectivity index (χ2n) is 5.55. The first-order chi connectivity index (χ1) is 11.7. The Morgan fingerprint density at radius 3 is 2.17 bits per heavy atom. The molecule has 0 aliphatic heterocycles. The molecular weight excluding hydrogens is 298 g/mol. The van der Waals surface area contributed by atoms with Crippen LogP contribution in [-0.2, 0) is 0 Å². The van der Waals surface area contributed by atoms with Crippen molar-refractivity contribution in [3.8, 4) is 11.5 Å². The smallest absolute Gasteiger partial charge is 0.251 e. The molecule has 0 saturated heterocycles. The zero-order valence-electron chi connectivity index (χ0n) is 13.5. The molecule has 3 rings (SSSR count).